The van der Waals surface area contributed by atoms with Gasteiger partial charge < -0.3 is 14.2 Å². The average Bonchev–Trinajstić information content (AvgIpc) is 2.93. The lowest BCUT2D eigenvalue weighted by molar-refractivity contribution is -0.194. The molecular formula is C22H31ClO4. The normalized spacial score (nSPS) is 24.9. The predicted octanol–water partition coefficient (Wildman–Crippen LogP) is 5.31. The summed E-state index contributed by atoms with van der Waals surface area (Å²) in [5.41, 5.74) is 0.575. The van der Waals surface area contributed by atoms with Crippen molar-refractivity contribution in [1.29, 1.82) is 0 Å². The monoisotopic (exact) mass is 394 g/mol. The first kappa shape index (κ1) is 20.6. The van der Waals surface area contributed by atoms with Gasteiger partial charge in [-0.25, -0.2) is 0 Å². The lowest BCUT2D eigenvalue weighted by atomic mass is 9.94. The van der Waals surface area contributed by atoms with Crippen LogP contribution >= 0.6 is 11.6 Å². The maximum Gasteiger partial charge on any atom is 0.311 e. The van der Waals surface area contributed by atoms with Crippen LogP contribution < -0.4 is 0 Å². The molecule has 0 amide bonds. The predicted molar refractivity (Wildman–Crippen MR) is 106 cm³/mol. The second-order valence-electron chi connectivity index (χ2n) is 8.75. The minimum atomic E-state index is -0.491. The minimum Gasteiger partial charge on any atom is -0.465 e. The summed E-state index contributed by atoms with van der Waals surface area (Å²) in [5, 5.41) is 0.753. The number of halogens is 1. The van der Waals surface area contributed by atoms with Crippen LogP contribution in [0.1, 0.15) is 64.9 Å². The van der Waals surface area contributed by atoms with Gasteiger partial charge in [-0.15, -0.1) is 0 Å². The largest absolute Gasteiger partial charge is 0.465 e. The van der Waals surface area contributed by atoms with E-state index in [0.717, 1.165) is 36.3 Å². The molecule has 2 aliphatic rings. The van der Waals surface area contributed by atoms with Gasteiger partial charge in [0.05, 0.1) is 24.2 Å². The van der Waals surface area contributed by atoms with E-state index in [1.165, 1.54) is 6.42 Å². The Morgan fingerprint density at radius 3 is 2.48 bits per heavy atom. The Balaban J connectivity index is 1.66. The van der Waals surface area contributed by atoms with Crippen LogP contribution in [0, 0.1) is 5.41 Å². The van der Waals surface area contributed by atoms with Crippen LogP contribution in [0.15, 0.2) is 24.3 Å². The van der Waals surface area contributed by atoms with E-state index in [1.54, 1.807) is 0 Å². The van der Waals surface area contributed by atoms with Gasteiger partial charge in [0.2, 0.25) is 0 Å². The molecular weight excluding hydrogens is 364 g/mol. The molecule has 1 aliphatic heterocycles. The summed E-state index contributed by atoms with van der Waals surface area (Å²) in [6.45, 7) is 5.93. The lowest BCUT2D eigenvalue weighted by Gasteiger charge is -2.32. The van der Waals surface area contributed by atoms with Crippen molar-refractivity contribution >= 4 is 17.6 Å². The van der Waals surface area contributed by atoms with Gasteiger partial charge in [0, 0.05) is 30.7 Å². The molecule has 0 unspecified atom stereocenters. The SMILES string of the molecule is CC(C)(C)C(=O)OCC[C@@H]1OC2(CCCCC2)O[C@H]1Cc1ccccc1Cl. The average molecular weight is 395 g/mol. The Labute approximate surface area is 167 Å². The third kappa shape index (κ3) is 5.24. The van der Waals surface area contributed by atoms with Crippen LogP contribution in [-0.2, 0) is 25.4 Å². The summed E-state index contributed by atoms with van der Waals surface area (Å²) in [6.07, 6.45) is 6.54. The molecule has 2 atom stereocenters. The number of hydrogen-bond acceptors (Lipinski definition) is 4. The van der Waals surface area contributed by atoms with Gasteiger partial charge in [-0.3, -0.25) is 4.79 Å². The molecule has 1 saturated carbocycles. The zero-order valence-electron chi connectivity index (χ0n) is 16.6. The number of carbonyl (C=O) groups excluding carboxylic acids is 1. The second kappa shape index (κ2) is 8.50. The van der Waals surface area contributed by atoms with Gasteiger partial charge in [-0.1, -0.05) is 36.2 Å². The molecule has 0 aromatic heterocycles. The zero-order valence-corrected chi connectivity index (χ0v) is 17.4. The van der Waals surface area contributed by atoms with Crippen LogP contribution in [0.25, 0.3) is 0 Å². The third-order valence-corrected chi connectivity index (χ3v) is 5.76. The Kier molecular flexibility index (Phi) is 6.50. The minimum absolute atomic E-state index is 0.0728. The molecule has 4 nitrogen and oxygen atoms in total. The molecule has 1 aromatic rings. The van der Waals surface area contributed by atoms with Crippen molar-refractivity contribution in [3.63, 3.8) is 0 Å². The summed E-state index contributed by atoms with van der Waals surface area (Å²) in [6, 6.07) is 7.87. The highest BCUT2D eigenvalue weighted by Gasteiger charge is 2.47. The van der Waals surface area contributed by atoms with Crippen molar-refractivity contribution in [2.75, 3.05) is 6.61 Å². The van der Waals surface area contributed by atoms with Crippen LogP contribution in [0.4, 0.5) is 0 Å². The molecule has 1 aliphatic carbocycles. The van der Waals surface area contributed by atoms with E-state index in [0.29, 0.717) is 19.4 Å². The van der Waals surface area contributed by atoms with E-state index in [-0.39, 0.29) is 18.2 Å². The second-order valence-corrected chi connectivity index (χ2v) is 9.16. The van der Waals surface area contributed by atoms with E-state index in [9.17, 15) is 4.79 Å². The fourth-order valence-electron chi connectivity index (χ4n) is 3.84. The molecule has 150 valence electrons. The van der Waals surface area contributed by atoms with Gasteiger partial charge >= 0.3 is 5.97 Å². The molecule has 0 bridgehead atoms. The molecule has 27 heavy (non-hydrogen) atoms. The van der Waals surface area contributed by atoms with E-state index in [2.05, 4.69) is 0 Å². The number of rotatable bonds is 5. The summed E-state index contributed by atoms with van der Waals surface area (Å²) in [5.74, 6) is -0.653. The highest BCUT2D eigenvalue weighted by molar-refractivity contribution is 6.31. The molecule has 1 aromatic carbocycles. The van der Waals surface area contributed by atoms with Crippen molar-refractivity contribution < 1.29 is 19.0 Å². The van der Waals surface area contributed by atoms with Gasteiger partial charge in [-0.05, 0) is 45.2 Å². The number of esters is 1. The van der Waals surface area contributed by atoms with Crippen LogP contribution in [-0.4, -0.2) is 30.6 Å². The Morgan fingerprint density at radius 2 is 1.81 bits per heavy atom. The van der Waals surface area contributed by atoms with Gasteiger partial charge in [0.25, 0.3) is 0 Å². The van der Waals surface area contributed by atoms with Crippen LogP contribution in [0.5, 0.6) is 0 Å². The van der Waals surface area contributed by atoms with Crippen LogP contribution in [0.2, 0.25) is 5.02 Å². The molecule has 2 fully saturated rings. The van der Waals surface area contributed by atoms with Gasteiger partial charge in [0.15, 0.2) is 5.79 Å². The maximum absolute atomic E-state index is 12.0. The topological polar surface area (TPSA) is 44.8 Å². The number of ether oxygens (including phenoxy) is 3. The van der Waals surface area contributed by atoms with E-state index >= 15 is 0 Å². The first-order valence-electron chi connectivity index (χ1n) is 10.1. The summed E-state index contributed by atoms with van der Waals surface area (Å²) in [4.78, 5) is 12.0. The van der Waals surface area contributed by atoms with E-state index < -0.39 is 11.2 Å². The van der Waals surface area contributed by atoms with Crippen molar-refractivity contribution in [2.45, 2.75) is 83.7 Å². The fraction of sp³-hybridized carbons (Fsp3) is 0.682. The molecule has 0 N–H and O–H groups in total. The van der Waals surface area contributed by atoms with Crippen molar-refractivity contribution in [3.05, 3.63) is 34.9 Å². The molecule has 1 saturated heterocycles. The van der Waals surface area contributed by atoms with Gasteiger partial charge in [-0.2, -0.15) is 0 Å². The highest BCUT2D eigenvalue weighted by atomic mass is 35.5. The molecule has 1 spiro atoms. The third-order valence-electron chi connectivity index (χ3n) is 5.39. The Hall–Kier alpha value is -1.10. The molecule has 5 heteroatoms. The molecule has 3 rings (SSSR count). The number of hydrogen-bond donors (Lipinski definition) is 0. The Bertz CT molecular complexity index is 646. The summed E-state index contributed by atoms with van der Waals surface area (Å²) >= 11 is 6.36. The standard InChI is InChI=1S/C22H31ClO4/c1-21(2,3)20(24)25-14-11-18-19(15-16-9-5-6-10-17(16)23)27-22(26-18)12-7-4-8-13-22/h5-6,9-10,18-19H,4,7-8,11-15H2,1-3H3/t18-,19-/m0/s1. The molecule has 0 radical (unpaired) electrons. The van der Waals surface area contributed by atoms with E-state index in [1.807, 2.05) is 45.0 Å². The smallest absolute Gasteiger partial charge is 0.311 e. The van der Waals surface area contributed by atoms with Gasteiger partial charge in [0.1, 0.15) is 0 Å². The maximum atomic E-state index is 12.0. The summed E-state index contributed by atoms with van der Waals surface area (Å²) in [7, 11) is 0. The molecule has 1 heterocycles. The Morgan fingerprint density at radius 1 is 1.15 bits per heavy atom. The van der Waals surface area contributed by atoms with Crippen LogP contribution in [0.3, 0.4) is 0 Å². The lowest BCUT2D eigenvalue weighted by Crippen LogP contribution is -2.33. The van der Waals surface area contributed by atoms with Crippen molar-refractivity contribution in [1.82, 2.24) is 0 Å². The number of benzene rings is 1. The van der Waals surface area contributed by atoms with Crippen molar-refractivity contribution in [3.8, 4) is 0 Å². The van der Waals surface area contributed by atoms with Crippen molar-refractivity contribution in [2.24, 2.45) is 5.41 Å². The zero-order chi connectivity index (χ0) is 19.5. The highest BCUT2D eigenvalue weighted by Crippen LogP contribution is 2.42. The van der Waals surface area contributed by atoms with E-state index in [4.69, 9.17) is 25.8 Å². The fourth-order valence-corrected chi connectivity index (χ4v) is 4.05. The quantitative estimate of drug-likeness (QED) is 0.635. The first-order valence-corrected chi connectivity index (χ1v) is 10.4. The first-order chi connectivity index (χ1) is 12.8. The summed E-state index contributed by atoms with van der Waals surface area (Å²) < 4.78 is 18.4. The number of carbonyl (C=O) groups is 1.